The monoisotopic (exact) mass is 260 g/mol. The highest BCUT2D eigenvalue weighted by atomic mass is 35.5. The maximum absolute atomic E-state index is 12.3. The quantitative estimate of drug-likeness (QED) is 0.830. The van der Waals surface area contributed by atoms with Gasteiger partial charge in [-0.05, 0) is 30.7 Å². The zero-order valence-corrected chi connectivity index (χ0v) is 11.0. The molecule has 1 amide bonds. The molecule has 92 valence electrons. The fourth-order valence-electron chi connectivity index (χ4n) is 1.67. The first-order valence-corrected chi connectivity index (χ1v) is 5.91. The molecule has 0 radical (unpaired) electrons. The number of anilines is 1. The summed E-state index contributed by atoms with van der Waals surface area (Å²) in [4.78, 5) is 17.8. The summed E-state index contributed by atoms with van der Waals surface area (Å²) in [6, 6.07) is 9.34. The number of hydrogen-bond donors (Lipinski definition) is 0. The molecule has 0 fully saturated rings. The van der Waals surface area contributed by atoms with Crippen LogP contribution in [0.4, 0.5) is 5.69 Å². The van der Waals surface area contributed by atoms with Crippen molar-refractivity contribution in [1.82, 2.24) is 4.98 Å². The van der Waals surface area contributed by atoms with E-state index in [2.05, 4.69) is 4.98 Å². The number of carbonyl (C=O) groups excluding carboxylic acids is 1. The highest BCUT2D eigenvalue weighted by Crippen LogP contribution is 2.20. The second-order valence-corrected chi connectivity index (χ2v) is 4.47. The van der Waals surface area contributed by atoms with Crippen molar-refractivity contribution < 1.29 is 4.79 Å². The molecular formula is C14H13ClN2O. The summed E-state index contributed by atoms with van der Waals surface area (Å²) in [7, 11) is 1.72. The van der Waals surface area contributed by atoms with E-state index in [1.54, 1.807) is 24.2 Å². The predicted octanol–water partition coefficient (Wildman–Crippen LogP) is 3.32. The molecule has 1 heterocycles. The van der Waals surface area contributed by atoms with Crippen molar-refractivity contribution in [2.45, 2.75) is 6.92 Å². The van der Waals surface area contributed by atoms with Gasteiger partial charge in [-0.15, -0.1) is 0 Å². The fraction of sp³-hybridized carbons (Fsp3) is 0.143. The first-order valence-electron chi connectivity index (χ1n) is 5.54. The average molecular weight is 261 g/mol. The molecule has 0 atom stereocenters. The topological polar surface area (TPSA) is 33.2 Å². The third kappa shape index (κ3) is 2.51. The van der Waals surface area contributed by atoms with E-state index in [0.717, 1.165) is 11.3 Å². The van der Waals surface area contributed by atoms with Gasteiger partial charge in [0.15, 0.2) is 0 Å². The summed E-state index contributed by atoms with van der Waals surface area (Å²) in [5.41, 5.74) is 2.34. The second-order valence-electron chi connectivity index (χ2n) is 4.06. The summed E-state index contributed by atoms with van der Waals surface area (Å²) >= 11 is 5.99. The van der Waals surface area contributed by atoms with E-state index in [1.807, 2.05) is 31.2 Å². The number of aromatic nitrogens is 1. The lowest BCUT2D eigenvalue weighted by Crippen LogP contribution is -2.26. The van der Waals surface area contributed by atoms with Crippen LogP contribution >= 0.6 is 11.6 Å². The van der Waals surface area contributed by atoms with Crippen molar-refractivity contribution in [3.63, 3.8) is 0 Å². The zero-order chi connectivity index (χ0) is 13.1. The Morgan fingerprint density at radius 3 is 2.78 bits per heavy atom. The molecule has 1 aromatic carbocycles. The van der Waals surface area contributed by atoms with Gasteiger partial charge in [-0.25, -0.2) is 0 Å². The standard InChI is InChI=1S/C14H13ClN2O/c1-10-4-3-5-11(8-10)17(2)14(18)12-9-16-7-6-13(12)15/h3-9H,1-2H3. The Morgan fingerprint density at radius 2 is 2.11 bits per heavy atom. The zero-order valence-electron chi connectivity index (χ0n) is 10.2. The number of nitrogens with zero attached hydrogens (tertiary/aromatic N) is 2. The van der Waals surface area contributed by atoms with Gasteiger partial charge in [0, 0.05) is 25.1 Å². The van der Waals surface area contributed by atoms with Crippen LogP contribution in [0.5, 0.6) is 0 Å². The number of amides is 1. The van der Waals surface area contributed by atoms with Crippen LogP contribution in [0.2, 0.25) is 5.02 Å². The number of benzene rings is 1. The molecule has 0 spiro atoms. The molecule has 18 heavy (non-hydrogen) atoms. The molecule has 0 aliphatic rings. The number of pyridine rings is 1. The number of carbonyl (C=O) groups is 1. The lowest BCUT2D eigenvalue weighted by Gasteiger charge is -2.18. The van der Waals surface area contributed by atoms with E-state index in [-0.39, 0.29) is 5.91 Å². The Labute approximate surface area is 111 Å². The molecule has 0 saturated heterocycles. The third-order valence-electron chi connectivity index (χ3n) is 2.69. The largest absolute Gasteiger partial charge is 0.311 e. The van der Waals surface area contributed by atoms with Gasteiger partial charge in [-0.2, -0.15) is 0 Å². The molecule has 2 aromatic rings. The SMILES string of the molecule is Cc1cccc(N(C)C(=O)c2cnccc2Cl)c1. The lowest BCUT2D eigenvalue weighted by atomic mass is 10.2. The smallest absolute Gasteiger partial charge is 0.261 e. The molecule has 1 aromatic heterocycles. The van der Waals surface area contributed by atoms with Crippen LogP contribution in [0, 0.1) is 6.92 Å². The number of aryl methyl sites for hydroxylation is 1. The minimum Gasteiger partial charge on any atom is -0.311 e. The minimum atomic E-state index is -0.168. The Balaban J connectivity index is 2.32. The predicted molar refractivity (Wildman–Crippen MR) is 73.2 cm³/mol. The van der Waals surface area contributed by atoms with Crippen LogP contribution < -0.4 is 4.90 Å². The van der Waals surface area contributed by atoms with Gasteiger partial charge in [0.25, 0.3) is 5.91 Å². The van der Waals surface area contributed by atoms with Crippen LogP contribution in [0.15, 0.2) is 42.7 Å². The van der Waals surface area contributed by atoms with E-state index in [4.69, 9.17) is 11.6 Å². The van der Waals surface area contributed by atoms with Crippen molar-refractivity contribution in [2.24, 2.45) is 0 Å². The summed E-state index contributed by atoms with van der Waals surface area (Å²) in [5, 5.41) is 0.412. The van der Waals surface area contributed by atoms with Crippen LogP contribution in [0.1, 0.15) is 15.9 Å². The van der Waals surface area contributed by atoms with Crippen LogP contribution in [-0.4, -0.2) is 17.9 Å². The molecule has 0 saturated carbocycles. The maximum Gasteiger partial charge on any atom is 0.261 e. The van der Waals surface area contributed by atoms with Gasteiger partial charge in [0.2, 0.25) is 0 Å². The summed E-state index contributed by atoms with van der Waals surface area (Å²) in [6.07, 6.45) is 3.04. The van der Waals surface area contributed by atoms with Gasteiger partial charge in [0.1, 0.15) is 0 Å². The number of hydrogen-bond acceptors (Lipinski definition) is 2. The average Bonchev–Trinajstić information content (AvgIpc) is 2.37. The van der Waals surface area contributed by atoms with E-state index >= 15 is 0 Å². The van der Waals surface area contributed by atoms with Gasteiger partial charge < -0.3 is 4.90 Å². The van der Waals surface area contributed by atoms with Crippen molar-refractivity contribution in [3.05, 3.63) is 58.9 Å². The van der Waals surface area contributed by atoms with Crippen molar-refractivity contribution in [3.8, 4) is 0 Å². The van der Waals surface area contributed by atoms with Crippen molar-refractivity contribution in [2.75, 3.05) is 11.9 Å². The normalized spacial score (nSPS) is 10.2. The van der Waals surface area contributed by atoms with E-state index in [0.29, 0.717) is 10.6 Å². The van der Waals surface area contributed by atoms with E-state index in [1.165, 1.54) is 6.20 Å². The molecular weight excluding hydrogens is 248 g/mol. The molecule has 0 N–H and O–H groups in total. The van der Waals surface area contributed by atoms with Gasteiger partial charge in [0.05, 0.1) is 10.6 Å². The van der Waals surface area contributed by atoms with E-state index in [9.17, 15) is 4.79 Å². The molecule has 3 nitrogen and oxygen atoms in total. The van der Waals surface area contributed by atoms with E-state index < -0.39 is 0 Å². The molecule has 0 unspecified atom stereocenters. The highest BCUT2D eigenvalue weighted by molar-refractivity contribution is 6.34. The van der Waals surface area contributed by atoms with Crippen molar-refractivity contribution in [1.29, 1.82) is 0 Å². The second kappa shape index (κ2) is 5.19. The first kappa shape index (κ1) is 12.6. The molecule has 0 bridgehead atoms. The van der Waals surface area contributed by atoms with Crippen LogP contribution in [0.3, 0.4) is 0 Å². The van der Waals surface area contributed by atoms with Crippen molar-refractivity contribution >= 4 is 23.2 Å². The Morgan fingerprint density at radius 1 is 1.33 bits per heavy atom. The molecule has 0 aliphatic carbocycles. The number of rotatable bonds is 2. The Bertz CT molecular complexity index is 584. The molecule has 0 aliphatic heterocycles. The summed E-state index contributed by atoms with van der Waals surface area (Å²) in [6.45, 7) is 1.98. The Hall–Kier alpha value is -1.87. The fourth-order valence-corrected chi connectivity index (χ4v) is 1.86. The summed E-state index contributed by atoms with van der Waals surface area (Å²) < 4.78 is 0. The third-order valence-corrected chi connectivity index (χ3v) is 3.02. The Kier molecular flexibility index (Phi) is 3.63. The van der Waals surface area contributed by atoms with Crippen LogP contribution in [-0.2, 0) is 0 Å². The van der Waals surface area contributed by atoms with Crippen LogP contribution in [0.25, 0.3) is 0 Å². The number of halogens is 1. The summed E-state index contributed by atoms with van der Waals surface area (Å²) in [5.74, 6) is -0.168. The van der Waals surface area contributed by atoms with Gasteiger partial charge in [-0.3, -0.25) is 9.78 Å². The first-order chi connectivity index (χ1) is 8.59. The molecule has 4 heteroatoms. The lowest BCUT2D eigenvalue weighted by molar-refractivity contribution is 0.0993. The molecule has 2 rings (SSSR count). The highest BCUT2D eigenvalue weighted by Gasteiger charge is 2.16. The maximum atomic E-state index is 12.3. The van der Waals surface area contributed by atoms with Gasteiger partial charge in [-0.1, -0.05) is 23.7 Å². The minimum absolute atomic E-state index is 0.168. The van der Waals surface area contributed by atoms with Gasteiger partial charge >= 0.3 is 0 Å².